The van der Waals surface area contributed by atoms with Crippen molar-refractivity contribution in [2.45, 2.75) is 38.6 Å². The lowest BCUT2D eigenvalue weighted by Crippen LogP contribution is -2.30. The van der Waals surface area contributed by atoms with Crippen molar-refractivity contribution in [3.63, 3.8) is 0 Å². The third-order valence-corrected chi connectivity index (χ3v) is 6.29. The van der Waals surface area contributed by atoms with E-state index in [0.29, 0.717) is 53.7 Å². The van der Waals surface area contributed by atoms with Gasteiger partial charge in [0.15, 0.2) is 0 Å². The first-order valence-corrected chi connectivity index (χ1v) is 12.3. The number of nitrogens with zero attached hydrogens (tertiary/aromatic N) is 2. The number of nitrogens with one attached hydrogen (secondary N) is 2. The minimum Gasteiger partial charge on any atom is -0.508 e. The van der Waals surface area contributed by atoms with Gasteiger partial charge in [0.05, 0.1) is 16.2 Å². The lowest BCUT2D eigenvalue weighted by molar-refractivity contribution is -0.125. The third-order valence-electron chi connectivity index (χ3n) is 5.97. The van der Waals surface area contributed by atoms with Crippen molar-refractivity contribution < 1.29 is 19.4 Å². The number of halogens is 1. The number of carbonyl (C=O) groups is 2. The molecule has 0 aliphatic heterocycles. The molecule has 0 atom stereocenters. The van der Waals surface area contributed by atoms with Crippen molar-refractivity contribution in [1.82, 2.24) is 15.2 Å². The number of hydrogen-bond acceptors (Lipinski definition) is 5. The molecule has 2 aromatic carbocycles. The van der Waals surface area contributed by atoms with Crippen molar-refractivity contribution in [2.75, 3.05) is 18.4 Å². The molecule has 1 aliphatic carbocycles. The molecule has 1 saturated carbocycles. The Labute approximate surface area is 214 Å². The summed E-state index contributed by atoms with van der Waals surface area (Å²) >= 11 is 6.38. The molecule has 3 N–H and O–H groups in total. The van der Waals surface area contributed by atoms with Gasteiger partial charge < -0.3 is 25.4 Å². The van der Waals surface area contributed by atoms with Gasteiger partial charge in [-0.2, -0.15) is 0 Å². The van der Waals surface area contributed by atoms with Crippen LogP contribution in [0.4, 0.5) is 10.5 Å². The van der Waals surface area contributed by atoms with E-state index in [1.54, 1.807) is 41.4 Å². The predicted octanol–water partition coefficient (Wildman–Crippen LogP) is 5.64. The van der Waals surface area contributed by atoms with Crippen LogP contribution in [0, 0.1) is 0 Å². The van der Waals surface area contributed by atoms with Gasteiger partial charge in [-0.15, -0.1) is 0 Å². The van der Waals surface area contributed by atoms with Crippen LogP contribution in [0.1, 0.15) is 31.7 Å². The van der Waals surface area contributed by atoms with Crippen LogP contribution >= 0.6 is 11.6 Å². The number of aromatic nitrogens is 1. The summed E-state index contributed by atoms with van der Waals surface area (Å²) in [4.78, 5) is 30.0. The average molecular weight is 509 g/mol. The number of rotatable bonds is 10. The number of aryl methyl sites for hydroxylation is 1. The van der Waals surface area contributed by atoms with Crippen molar-refractivity contribution >= 4 is 40.1 Å². The zero-order valence-corrected chi connectivity index (χ0v) is 20.8. The van der Waals surface area contributed by atoms with Gasteiger partial charge in [0.2, 0.25) is 5.91 Å². The largest absolute Gasteiger partial charge is 0.508 e. The Morgan fingerprint density at radius 2 is 2.08 bits per heavy atom. The molecule has 0 spiro atoms. The highest BCUT2D eigenvalue weighted by atomic mass is 35.5. The van der Waals surface area contributed by atoms with Gasteiger partial charge in [-0.05, 0) is 68.5 Å². The second kappa shape index (κ2) is 11.3. The van der Waals surface area contributed by atoms with Crippen LogP contribution < -0.4 is 15.4 Å². The molecule has 0 bridgehead atoms. The van der Waals surface area contributed by atoms with Crippen molar-refractivity contribution in [1.29, 1.82) is 0 Å². The number of hydrogen-bond donors (Lipinski definition) is 3. The maximum atomic E-state index is 12.0. The number of aromatic hydroxyl groups is 1. The van der Waals surface area contributed by atoms with Gasteiger partial charge in [-0.3, -0.25) is 9.78 Å². The summed E-state index contributed by atoms with van der Waals surface area (Å²) in [6.07, 6.45) is 6.17. The molecule has 0 unspecified atom stereocenters. The van der Waals surface area contributed by atoms with Gasteiger partial charge in [0.25, 0.3) is 0 Å². The van der Waals surface area contributed by atoms with E-state index in [1.807, 2.05) is 13.0 Å². The Kier molecular flexibility index (Phi) is 7.95. The van der Waals surface area contributed by atoms with Crippen LogP contribution in [0.5, 0.6) is 17.2 Å². The van der Waals surface area contributed by atoms with Crippen LogP contribution in [0.2, 0.25) is 5.02 Å². The van der Waals surface area contributed by atoms with E-state index in [-0.39, 0.29) is 23.7 Å². The van der Waals surface area contributed by atoms with E-state index >= 15 is 0 Å². The molecule has 0 saturated heterocycles. The van der Waals surface area contributed by atoms with Gasteiger partial charge in [-0.25, -0.2) is 4.79 Å². The summed E-state index contributed by atoms with van der Waals surface area (Å²) in [5, 5.41) is 17.2. The number of carbonyl (C=O) groups excluding carboxylic acids is 2. The predicted molar refractivity (Wildman–Crippen MR) is 141 cm³/mol. The van der Waals surface area contributed by atoms with E-state index in [1.165, 1.54) is 6.08 Å². The molecular weight excluding hydrogens is 480 g/mol. The summed E-state index contributed by atoms with van der Waals surface area (Å²) < 4.78 is 6.11. The quantitative estimate of drug-likeness (QED) is 0.307. The molecule has 4 rings (SSSR count). The van der Waals surface area contributed by atoms with Gasteiger partial charge >= 0.3 is 6.03 Å². The molecule has 8 nitrogen and oxygen atoms in total. The molecule has 0 radical (unpaired) electrons. The first kappa shape index (κ1) is 25.3. The van der Waals surface area contributed by atoms with Crippen molar-refractivity contribution in [3.05, 3.63) is 65.8 Å². The maximum Gasteiger partial charge on any atom is 0.319 e. The minimum atomic E-state index is -0.281. The van der Waals surface area contributed by atoms with Gasteiger partial charge in [-0.1, -0.05) is 18.2 Å². The van der Waals surface area contributed by atoms with E-state index in [9.17, 15) is 14.7 Å². The number of likely N-dealkylation sites (N-methyl/N-ethyl adjacent to an activating group) is 1. The van der Waals surface area contributed by atoms with E-state index < -0.39 is 0 Å². The Bertz CT molecular complexity index is 1290. The molecule has 1 heterocycles. The fourth-order valence-electron chi connectivity index (χ4n) is 3.86. The lowest BCUT2D eigenvalue weighted by Gasteiger charge is -2.19. The van der Waals surface area contributed by atoms with Crippen molar-refractivity contribution in [3.8, 4) is 17.2 Å². The molecule has 3 amide bonds. The summed E-state index contributed by atoms with van der Waals surface area (Å²) in [7, 11) is 0. The number of phenolic OH excluding ortho intramolecular Hbond substituents is 1. The second-order valence-electron chi connectivity index (χ2n) is 8.65. The Balaban J connectivity index is 1.49. The highest BCUT2D eigenvalue weighted by Crippen LogP contribution is 2.35. The number of phenols is 1. The lowest BCUT2D eigenvalue weighted by atomic mass is 10.0. The van der Waals surface area contributed by atoms with E-state index in [0.717, 1.165) is 23.8 Å². The van der Waals surface area contributed by atoms with E-state index in [4.69, 9.17) is 16.3 Å². The zero-order chi connectivity index (χ0) is 25.7. The minimum absolute atomic E-state index is 0.108. The summed E-state index contributed by atoms with van der Waals surface area (Å²) in [5.41, 5.74) is 1.82. The Morgan fingerprint density at radius 1 is 1.28 bits per heavy atom. The topological polar surface area (TPSA) is 104 Å². The van der Waals surface area contributed by atoms with Gasteiger partial charge in [0, 0.05) is 42.8 Å². The Morgan fingerprint density at radius 3 is 2.78 bits per heavy atom. The van der Waals surface area contributed by atoms with Crippen LogP contribution in [-0.4, -0.2) is 46.1 Å². The van der Waals surface area contributed by atoms with Crippen LogP contribution in [-0.2, 0) is 11.2 Å². The third kappa shape index (κ3) is 6.26. The first-order valence-electron chi connectivity index (χ1n) is 11.9. The van der Waals surface area contributed by atoms with Crippen LogP contribution in [0.25, 0.3) is 10.9 Å². The summed E-state index contributed by atoms with van der Waals surface area (Å²) in [6, 6.07) is 10.2. The molecule has 1 aliphatic rings. The Hall–Kier alpha value is -3.78. The maximum absolute atomic E-state index is 12.0. The SMILES string of the molecule is C=CC(=O)N(CC)CCCc1cc2c(Oc3ccc(NC(=O)NC4CC4)c(Cl)c3)ccnc2cc1O. The number of pyridine rings is 1. The molecule has 188 valence electrons. The zero-order valence-electron chi connectivity index (χ0n) is 20.1. The fourth-order valence-corrected chi connectivity index (χ4v) is 4.08. The second-order valence-corrected chi connectivity index (χ2v) is 9.06. The average Bonchev–Trinajstić information content (AvgIpc) is 3.67. The number of urea groups is 1. The summed E-state index contributed by atoms with van der Waals surface area (Å²) in [5.74, 6) is 1.09. The van der Waals surface area contributed by atoms with Crippen molar-refractivity contribution in [2.24, 2.45) is 0 Å². The highest BCUT2D eigenvalue weighted by Gasteiger charge is 2.23. The number of ether oxygens (including phenoxy) is 1. The smallest absolute Gasteiger partial charge is 0.319 e. The van der Waals surface area contributed by atoms with Crippen LogP contribution in [0.3, 0.4) is 0 Å². The monoisotopic (exact) mass is 508 g/mol. The fraction of sp³-hybridized carbons (Fsp3) is 0.296. The standard InChI is InChI=1S/C27H29ClN4O4/c1-3-26(34)32(4-2)13-5-6-17-14-20-23(16-24(17)33)29-12-11-25(20)36-19-9-10-22(21(28)15-19)31-27(35)30-18-7-8-18/h3,9-12,14-16,18,33H,1,4-8,13H2,2H3,(H2,30,31,35). The molecule has 1 aromatic heterocycles. The number of anilines is 1. The molecule has 3 aromatic rings. The van der Waals surface area contributed by atoms with Crippen LogP contribution in [0.15, 0.2) is 55.3 Å². The molecule has 36 heavy (non-hydrogen) atoms. The number of amides is 3. The summed E-state index contributed by atoms with van der Waals surface area (Å²) in [6.45, 7) is 6.62. The molecule has 1 fully saturated rings. The van der Waals surface area contributed by atoms with Gasteiger partial charge in [0.1, 0.15) is 17.2 Å². The molecular formula is C27H29ClN4O4. The molecule has 9 heteroatoms. The normalized spacial score (nSPS) is 12.7. The van der Waals surface area contributed by atoms with E-state index in [2.05, 4.69) is 22.2 Å². The highest BCUT2D eigenvalue weighted by molar-refractivity contribution is 6.33. The first-order chi connectivity index (χ1) is 17.4. The number of fused-ring (bicyclic) bond motifs is 1. The number of benzene rings is 2.